The number of nitrogens with one attached hydrogen (secondary N) is 2. The first-order valence-corrected chi connectivity index (χ1v) is 6.96. The topological polar surface area (TPSA) is 61.4 Å². The van der Waals surface area contributed by atoms with E-state index < -0.39 is 5.91 Å². The lowest BCUT2D eigenvalue weighted by Gasteiger charge is -2.07. The van der Waals surface area contributed by atoms with Gasteiger partial charge >= 0.3 is 0 Å². The third-order valence-electron chi connectivity index (χ3n) is 2.56. The van der Waals surface area contributed by atoms with Crippen LogP contribution in [0.3, 0.4) is 0 Å². The summed E-state index contributed by atoms with van der Waals surface area (Å²) in [5.41, 5.74) is 3.86. The first-order valence-electron chi connectivity index (χ1n) is 6.96. The summed E-state index contributed by atoms with van der Waals surface area (Å²) in [6, 6.07) is 10.3. The van der Waals surface area contributed by atoms with Gasteiger partial charge in [-0.2, -0.15) is 0 Å². The van der Waals surface area contributed by atoms with Crippen molar-refractivity contribution in [1.29, 1.82) is 0 Å². The van der Waals surface area contributed by atoms with Gasteiger partial charge in [-0.1, -0.05) is 55.0 Å². The van der Waals surface area contributed by atoms with Crippen LogP contribution >= 0.6 is 0 Å². The lowest BCUT2D eigenvalue weighted by Crippen LogP contribution is -2.14. The molecule has 1 amide bonds. The third-order valence-corrected chi connectivity index (χ3v) is 2.56. The Morgan fingerprint density at radius 1 is 1.24 bits per heavy atom. The number of hydrogen-bond donors (Lipinski definition) is 3. The first kappa shape index (κ1) is 19.1. The average molecular weight is 290 g/mol. The molecule has 0 heterocycles. The highest BCUT2D eigenvalue weighted by Crippen LogP contribution is 2.11. The number of hydroxylamine groups is 1. The van der Waals surface area contributed by atoms with Gasteiger partial charge in [-0.25, -0.2) is 5.48 Å². The highest BCUT2D eigenvalue weighted by atomic mass is 16.5. The molecule has 0 spiro atoms. The van der Waals surface area contributed by atoms with Crippen molar-refractivity contribution in [2.45, 2.75) is 20.3 Å². The van der Waals surface area contributed by atoms with E-state index in [9.17, 15) is 4.79 Å². The lowest BCUT2D eigenvalue weighted by molar-refractivity contribution is -0.124. The van der Waals surface area contributed by atoms with Gasteiger partial charge in [0.25, 0.3) is 5.91 Å². The number of allylic oxidation sites excluding steroid dienone is 3. The minimum Gasteiger partial charge on any atom is -0.323 e. The first-order chi connectivity index (χ1) is 10.0. The van der Waals surface area contributed by atoms with Crippen molar-refractivity contribution < 1.29 is 10.0 Å². The Morgan fingerprint density at radius 3 is 2.33 bits per heavy atom. The van der Waals surface area contributed by atoms with E-state index in [0.29, 0.717) is 5.92 Å². The summed E-state index contributed by atoms with van der Waals surface area (Å²) in [4.78, 5) is 10.8. The summed E-state index contributed by atoms with van der Waals surface area (Å²) in [6.07, 6.45) is 6.07. The Kier molecular flexibility index (Phi) is 10.8. The molecule has 3 N–H and O–H groups in total. The SMILES string of the molecule is CC(C=CC(=O)NO)=CC(C)Cc1ccccc1.CNC. The Bertz CT molecular complexity index is 453. The predicted octanol–water partition coefficient (Wildman–Crippen LogP) is 2.71. The molecule has 1 unspecified atom stereocenters. The van der Waals surface area contributed by atoms with Crippen LogP contribution in [0.4, 0.5) is 0 Å². The monoisotopic (exact) mass is 290 g/mol. The Balaban J connectivity index is 0.00000122. The van der Waals surface area contributed by atoms with Gasteiger partial charge in [-0.05, 0) is 38.9 Å². The van der Waals surface area contributed by atoms with Crippen LogP contribution < -0.4 is 10.8 Å². The van der Waals surface area contributed by atoms with Crippen molar-refractivity contribution in [2.24, 2.45) is 5.92 Å². The number of rotatable bonds is 5. The smallest absolute Gasteiger partial charge is 0.267 e. The second-order valence-electron chi connectivity index (χ2n) is 4.89. The van der Waals surface area contributed by atoms with Crippen molar-refractivity contribution in [3.8, 4) is 0 Å². The van der Waals surface area contributed by atoms with Crippen LogP contribution in [0, 0.1) is 5.92 Å². The Morgan fingerprint density at radius 2 is 1.81 bits per heavy atom. The molecular weight excluding hydrogens is 264 g/mol. The van der Waals surface area contributed by atoms with Gasteiger partial charge in [0.2, 0.25) is 0 Å². The summed E-state index contributed by atoms with van der Waals surface area (Å²) in [5, 5.41) is 11.1. The summed E-state index contributed by atoms with van der Waals surface area (Å²) < 4.78 is 0. The van der Waals surface area contributed by atoms with Gasteiger partial charge < -0.3 is 5.32 Å². The van der Waals surface area contributed by atoms with Gasteiger partial charge in [0, 0.05) is 6.08 Å². The van der Waals surface area contributed by atoms with Gasteiger partial charge in [0.1, 0.15) is 0 Å². The highest BCUT2D eigenvalue weighted by molar-refractivity contribution is 5.86. The molecule has 21 heavy (non-hydrogen) atoms. The molecule has 0 saturated heterocycles. The van der Waals surface area contributed by atoms with Crippen LogP contribution in [0.2, 0.25) is 0 Å². The Labute approximate surface area is 127 Å². The molecule has 1 rings (SSSR count). The number of hydrogen-bond acceptors (Lipinski definition) is 3. The van der Waals surface area contributed by atoms with E-state index in [1.54, 1.807) is 11.6 Å². The van der Waals surface area contributed by atoms with E-state index in [2.05, 4.69) is 30.4 Å². The molecule has 4 heteroatoms. The standard InChI is InChI=1S/C15H19NO2.C2H7N/c1-12(8-9-15(17)16-18)10-13(2)11-14-6-4-3-5-7-14;1-3-2/h3-10,13,18H,11H2,1-2H3,(H,16,17);3H,1-2H3. The molecule has 0 aliphatic rings. The summed E-state index contributed by atoms with van der Waals surface area (Å²) in [6.45, 7) is 4.07. The zero-order valence-electron chi connectivity index (χ0n) is 13.3. The van der Waals surface area contributed by atoms with Gasteiger partial charge in [-0.15, -0.1) is 0 Å². The number of amides is 1. The molecule has 0 bridgehead atoms. The molecule has 0 saturated carbocycles. The van der Waals surface area contributed by atoms with Crippen LogP contribution in [0.1, 0.15) is 19.4 Å². The highest BCUT2D eigenvalue weighted by Gasteiger charge is 2.00. The van der Waals surface area contributed by atoms with Crippen LogP contribution in [-0.4, -0.2) is 25.2 Å². The average Bonchev–Trinajstić information content (AvgIpc) is 2.46. The van der Waals surface area contributed by atoms with E-state index in [1.807, 2.05) is 39.2 Å². The molecular formula is C17H26N2O2. The van der Waals surface area contributed by atoms with Crippen LogP contribution in [-0.2, 0) is 11.2 Å². The maximum atomic E-state index is 10.8. The van der Waals surface area contributed by atoms with Crippen molar-refractivity contribution in [3.05, 3.63) is 59.7 Å². The molecule has 4 nitrogen and oxygen atoms in total. The summed E-state index contributed by atoms with van der Waals surface area (Å²) in [7, 11) is 3.75. The quantitative estimate of drug-likeness (QED) is 0.338. The molecule has 0 fully saturated rings. The molecule has 0 aliphatic carbocycles. The number of carbonyl (C=O) groups excluding carboxylic acids is 1. The molecule has 1 aromatic carbocycles. The molecule has 116 valence electrons. The zero-order chi connectivity index (χ0) is 16.1. The number of carbonyl (C=O) groups is 1. The van der Waals surface area contributed by atoms with E-state index >= 15 is 0 Å². The summed E-state index contributed by atoms with van der Waals surface area (Å²) in [5.74, 6) is -0.118. The second kappa shape index (κ2) is 11.9. The maximum Gasteiger partial charge on any atom is 0.267 e. The van der Waals surface area contributed by atoms with E-state index in [0.717, 1.165) is 12.0 Å². The second-order valence-corrected chi connectivity index (χ2v) is 4.89. The third kappa shape index (κ3) is 10.5. The van der Waals surface area contributed by atoms with E-state index in [-0.39, 0.29) is 0 Å². The molecule has 1 atom stereocenters. The minimum absolute atomic E-state index is 0.397. The van der Waals surface area contributed by atoms with Crippen molar-refractivity contribution in [1.82, 2.24) is 10.8 Å². The lowest BCUT2D eigenvalue weighted by atomic mass is 9.99. The van der Waals surface area contributed by atoms with Crippen LogP contribution in [0.15, 0.2) is 54.1 Å². The minimum atomic E-state index is -0.515. The van der Waals surface area contributed by atoms with E-state index in [4.69, 9.17) is 5.21 Å². The summed E-state index contributed by atoms with van der Waals surface area (Å²) >= 11 is 0. The fourth-order valence-electron chi connectivity index (χ4n) is 1.79. The zero-order valence-corrected chi connectivity index (χ0v) is 13.3. The molecule has 0 aromatic heterocycles. The Hall–Kier alpha value is -1.91. The van der Waals surface area contributed by atoms with Gasteiger partial charge in [0.05, 0.1) is 0 Å². The normalized spacial score (nSPS) is 12.5. The van der Waals surface area contributed by atoms with Gasteiger partial charge in [-0.3, -0.25) is 10.0 Å². The molecule has 0 aliphatic heterocycles. The van der Waals surface area contributed by atoms with E-state index in [1.165, 1.54) is 11.6 Å². The fraction of sp³-hybridized carbons (Fsp3) is 0.353. The van der Waals surface area contributed by atoms with Gasteiger partial charge in [0.15, 0.2) is 0 Å². The van der Waals surface area contributed by atoms with Crippen LogP contribution in [0.5, 0.6) is 0 Å². The molecule has 1 aromatic rings. The van der Waals surface area contributed by atoms with Crippen molar-refractivity contribution >= 4 is 5.91 Å². The maximum absolute atomic E-state index is 10.8. The van der Waals surface area contributed by atoms with Crippen molar-refractivity contribution in [2.75, 3.05) is 14.1 Å². The van der Waals surface area contributed by atoms with Crippen LogP contribution in [0.25, 0.3) is 0 Å². The molecule has 0 radical (unpaired) electrons. The predicted molar refractivity (Wildman–Crippen MR) is 87.1 cm³/mol. The number of benzene rings is 1. The van der Waals surface area contributed by atoms with Crippen molar-refractivity contribution in [3.63, 3.8) is 0 Å². The largest absolute Gasteiger partial charge is 0.323 e. The fourth-order valence-corrected chi connectivity index (χ4v) is 1.79.